The Bertz CT molecular complexity index is 2100. The Morgan fingerprint density at radius 2 is 0.468 bits per heavy atom. The van der Waals surface area contributed by atoms with Gasteiger partial charge in [0.05, 0.1) is 26.4 Å². The summed E-state index contributed by atoms with van der Waals surface area (Å²) in [5.74, 6) is 0.398. The van der Waals surface area contributed by atoms with E-state index in [9.17, 15) is 43.2 Å². The van der Waals surface area contributed by atoms with Crippen LogP contribution in [0.1, 0.15) is 479 Å². The SMILES string of the molecule is CCCCCCCCCCCCCCC(=O)OC[C@H](COP(=O)(O)OC[C@H](O)COP(=O)(O)OC[C@@H](COC(=O)CCCCCCCCCCCCCCCCCCCCC(C)C)OC(=O)CCCCCCCCCCCCCCCCCCCCC(C)CC)OC(=O)CCCCCCCCCCCCC(C)CC. The minimum absolute atomic E-state index is 0.107. The highest BCUT2D eigenvalue weighted by atomic mass is 31.2. The molecular formula is C90H176O17P2. The van der Waals surface area contributed by atoms with Crippen LogP contribution in [-0.2, 0) is 65.4 Å². The van der Waals surface area contributed by atoms with E-state index in [1.54, 1.807) is 0 Å². The smallest absolute Gasteiger partial charge is 0.462 e. The highest BCUT2D eigenvalue weighted by molar-refractivity contribution is 7.47. The lowest BCUT2D eigenvalue weighted by Gasteiger charge is -2.21. The largest absolute Gasteiger partial charge is 0.472 e. The van der Waals surface area contributed by atoms with Crippen LogP contribution in [-0.4, -0.2) is 96.7 Å². The number of aliphatic hydroxyl groups is 1. The molecule has 0 amide bonds. The molecule has 7 atom stereocenters. The average molecular weight is 1590 g/mol. The van der Waals surface area contributed by atoms with Gasteiger partial charge in [0, 0.05) is 25.7 Å². The van der Waals surface area contributed by atoms with Crippen molar-refractivity contribution in [3.05, 3.63) is 0 Å². The van der Waals surface area contributed by atoms with Crippen molar-refractivity contribution in [2.24, 2.45) is 17.8 Å². The Labute approximate surface area is 670 Å². The molecule has 0 aliphatic rings. The lowest BCUT2D eigenvalue weighted by Crippen LogP contribution is -2.30. The maximum atomic E-state index is 13.2. The van der Waals surface area contributed by atoms with Gasteiger partial charge in [-0.2, -0.15) is 0 Å². The zero-order chi connectivity index (χ0) is 80.0. The van der Waals surface area contributed by atoms with Gasteiger partial charge in [0.1, 0.15) is 19.3 Å². The molecule has 0 aromatic rings. The third kappa shape index (κ3) is 81.0. The molecule has 109 heavy (non-hydrogen) atoms. The second-order valence-corrected chi connectivity index (χ2v) is 36.2. The summed E-state index contributed by atoms with van der Waals surface area (Å²) in [6.07, 6.45) is 72.1. The molecule has 0 aliphatic carbocycles. The van der Waals surface area contributed by atoms with E-state index in [4.69, 9.17) is 37.0 Å². The molecule has 0 spiro atoms. The molecule has 0 aromatic carbocycles. The van der Waals surface area contributed by atoms with Crippen molar-refractivity contribution in [2.75, 3.05) is 39.6 Å². The number of aliphatic hydroxyl groups excluding tert-OH is 1. The standard InChI is InChI=1S/C90H176O17P2/c1-8-11-12-13-14-15-16-35-43-50-57-64-71-87(92)100-78-86(107-90(95)74-67-60-53-46-39-38-42-49-56-63-70-83(7)10-3)80-105-109(98,99)103-76-84(91)75-102-108(96,97)104-79-85(77-101-88(93)72-65-58-51-44-36-31-27-23-19-17-21-25-29-33-40-47-54-61-68-81(4)5)106-89(94)73-66-59-52-45-37-32-28-24-20-18-22-26-30-34-41-48-55-62-69-82(6)9-2/h81-86,91H,8-80H2,1-7H3,(H,96,97)(H,98,99)/t82?,83?,84-,85-,86-/m1/s1. The van der Waals surface area contributed by atoms with Crippen LogP contribution in [0.4, 0.5) is 0 Å². The fourth-order valence-corrected chi connectivity index (χ4v) is 15.6. The summed E-state index contributed by atoms with van der Waals surface area (Å²) >= 11 is 0. The predicted molar refractivity (Wildman–Crippen MR) is 451 cm³/mol. The molecule has 648 valence electrons. The Hall–Kier alpha value is -1.94. The second-order valence-electron chi connectivity index (χ2n) is 33.3. The van der Waals surface area contributed by atoms with E-state index in [1.807, 2.05) is 0 Å². The molecular weight excluding hydrogens is 1410 g/mol. The average Bonchev–Trinajstić information content (AvgIpc) is 0.896. The summed E-state index contributed by atoms with van der Waals surface area (Å²) in [5.41, 5.74) is 0. The van der Waals surface area contributed by atoms with Gasteiger partial charge in [0.25, 0.3) is 0 Å². The fraction of sp³-hybridized carbons (Fsp3) is 0.956. The van der Waals surface area contributed by atoms with Crippen LogP contribution in [0.15, 0.2) is 0 Å². The third-order valence-corrected chi connectivity index (χ3v) is 23.8. The van der Waals surface area contributed by atoms with Gasteiger partial charge in [-0.05, 0) is 43.4 Å². The fourth-order valence-electron chi connectivity index (χ4n) is 14.0. The van der Waals surface area contributed by atoms with E-state index < -0.39 is 97.5 Å². The zero-order valence-electron chi connectivity index (χ0n) is 72.0. The quantitative estimate of drug-likeness (QED) is 0.0222. The molecule has 3 N–H and O–H groups in total. The van der Waals surface area contributed by atoms with Crippen molar-refractivity contribution in [3.8, 4) is 0 Å². The molecule has 0 rings (SSSR count). The summed E-state index contributed by atoms with van der Waals surface area (Å²) in [4.78, 5) is 73.4. The lowest BCUT2D eigenvalue weighted by molar-refractivity contribution is -0.161. The van der Waals surface area contributed by atoms with Gasteiger partial charge in [-0.1, -0.05) is 427 Å². The van der Waals surface area contributed by atoms with Crippen molar-refractivity contribution in [3.63, 3.8) is 0 Å². The van der Waals surface area contributed by atoms with Gasteiger partial charge >= 0.3 is 39.5 Å². The maximum Gasteiger partial charge on any atom is 0.472 e. The van der Waals surface area contributed by atoms with Gasteiger partial charge < -0.3 is 33.8 Å². The monoisotopic (exact) mass is 1590 g/mol. The van der Waals surface area contributed by atoms with Crippen molar-refractivity contribution >= 4 is 39.5 Å². The minimum Gasteiger partial charge on any atom is -0.462 e. The molecule has 0 aliphatic heterocycles. The van der Waals surface area contributed by atoms with E-state index in [1.165, 1.54) is 289 Å². The van der Waals surface area contributed by atoms with Gasteiger partial charge in [0.2, 0.25) is 0 Å². The van der Waals surface area contributed by atoms with Crippen LogP contribution >= 0.6 is 15.6 Å². The number of hydrogen-bond acceptors (Lipinski definition) is 15. The van der Waals surface area contributed by atoms with Crippen LogP contribution in [0, 0.1) is 17.8 Å². The molecule has 0 aromatic heterocycles. The number of ether oxygens (including phenoxy) is 4. The topological polar surface area (TPSA) is 237 Å². The number of carbonyl (C=O) groups is 4. The molecule has 0 heterocycles. The Morgan fingerprint density at radius 3 is 0.697 bits per heavy atom. The number of phosphoric ester groups is 2. The number of hydrogen-bond donors (Lipinski definition) is 3. The molecule has 0 bridgehead atoms. The summed E-state index contributed by atoms with van der Waals surface area (Å²) < 4.78 is 69.0. The van der Waals surface area contributed by atoms with Gasteiger partial charge in [-0.3, -0.25) is 37.3 Å². The van der Waals surface area contributed by atoms with Crippen LogP contribution in [0.5, 0.6) is 0 Å². The number of esters is 4. The number of carbonyl (C=O) groups excluding carboxylic acids is 4. The molecule has 19 heteroatoms. The van der Waals surface area contributed by atoms with Gasteiger partial charge in [0.15, 0.2) is 12.2 Å². The van der Waals surface area contributed by atoms with Gasteiger partial charge in [-0.25, -0.2) is 9.13 Å². The van der Waals surface area contributed by atoms with Crippen LogP contribution in [0.3, 0.4) is 0 Å². The first-order valence-corrected chi connectivity index (χ1v) is 49.4. The third-order valence-electron chi connectivity index (χ3n) is 21.9. The number of unbranched alkanes of at least 4 members (excludes halogenated alkanes) is 54. The van der Waals surface area contributed by atoms with Crippen molar-refractivity contribution in [1.29, 1.82) is 0 Å². The molecule has 4 unspecified atom stereocenters. The van der Waals surface area contributed by atoms with E-state index in [0.29, 0.717) is 25.7 Å². The first-order chi connectivity index (χ1) is 52.8. The molecule has 0 saturated carbocycles. The van der Waals surface area contributed by atoms with Gasteiger partial charge in [-0.15, -0.1) is 0 Å². The molecule has 0 saturated heterocycles. The Morgan fingerprint density at radius 1 is 0.266 bits per heavy atom. The summed E-state index contributed by atoms with van der Waals surface area (Å²) in [5, 5.41) is 10.7. The van der Waals surface area contributed by atoms with Crippen LogP contribution in [0.25, 0.3) is 0 Å². The van der Waals surface area contributed by atoms with Crippen molar-refractivity contribution < 1.29 is 80.2 Å². The van der Waals surface area contributed by atoms with Crippen molar-refractivity contribution in [2.45, 2.75) is 497 Å². The van der Waals surface area contributed by atoms with Crippen LogP contribution < -0.4 is 0 Å². The normalized spacial score (nSPS) is 14.3. The molecule has 0 fully saturated rings. The summed E-state index contributed by atoms with van der Waals surface area (Å²) in [6, 6.07) is 0. The Kier molecular flexibility index (Phi) is 78.5. The summed E-state index contributed by atoms with van der Waals surface area (Å²) in [7, 11) is -9.93. The maximum absolute atomic E-state index is 13.2. The van der Waals surface area contributed by atoms with E-state index in [-0.39, 0.29) is 25.7 Å². The van der Waals surface area contributed by atoms with E-state index in [2.05, 4.69) is 48.5 Å². The first-order valence-electron chi connectivity index (χ1n) is 46.4. The highest BCUT2D eigenvalue weighted by Gasteiger charge is 2.31. The predicted octanol–water partition coefficient (Wildman–Crippen LogP) is 27.6. The number of phosphoric acid groups is 2. The van der Waals surface area contributed by atoms with E-state index >= 15 is 0 Å². The summed E-state index contributed by atoms with van der Waals surface area (Å²) in [6.45, 7) is 12.1. The number of rotatable bonds is 88. The second kappa shape index (κ2) is 79.9. The van der Waals surface area contributed by atoms with Crippen LogP contribution in [0.2, 0.25) is 0 Å². The molecule has 0 radical (unpaired) electrons. The highest BCUT2D eigenvalue weighted by Crippen LogP contribution is 2.45. The zero-order valence-corrected chi connectivity index (χ0v) is 73.8. The lowest BCUT2D eigenvalue weighted by atomic mass is 9.99. The molecule has 17 nitrogen and oxygen atoms in total. The first kappa shape index (κ1) is 107. The van der Waals surface area contributed by atoms with Crippen molar-refractivity contribution in [1.82, 2.24) is 0 Å². The minimum atomic E-state index is -4.97. The Balaban J connectivity index is 5.24. The van der Waals surface area contributed by atoms with E-state index in [0.717, 1.165) is 108 Å².